The SMILES string of the molecule is CC[C@]1(c2ccc(F)cc2)NC(=O)N(CCOc2ccc(F)cc2)C1=O. The number of halogens is 2. The first kappa shape index (κ1) is 17.8. The highest BCUT2D eigenvalue weighted by molar-refractivity contribution is 6.07. The number of carbonyl (C=O) groups is 2. The van der Waals surface area contributed by atoms with Gasteiger partial charge in [-0.1, -0.05) is 19.1 Å². The molecule has 0 aromatic heterocycles. The molecule has 1 saturated heterocycles. The fourth-order valence-electron chi connectivity index (χ4n) is 2.99. The van der Waals surface area contributed by atoms with Crippen molar-refractivity contribution in [1.29, 1.82) is 0 Å². The molecule has 3 rings (SSSR count). The largest absolute Gasteiger partial charge is 0.492 e. The van der Waals surface area contributed by atoms with Crippen LogP contribution in [0.1, 0.15) is 18.9 Å². The van der Waals surface area contributed by atoms with Crippen molar-refractivity contribution < 1.29 is 23.1 Å². The van der Waals surface area contributed by atoms with Gasteiger partial charge in [0, 0.05) is 0 Å². The summed E-state index contributed by atoms with van der Waals surface area (Å²) in [4.78, 5) is 26.3. The van der Waals surface area contributed by atoms with Crippen molar-refractivity contribution in [2.45, 2.75) is 18.9 Å². The Morgan fingerprint density at radius 3 is 2.15 bits per heavy atom. The monoisotopic (exact) mass is 360 g/mol. The molecule has 1 aliphatic rings. The number of benzene rings is 2. The molecule has 2 aromatic rings. The Morgan fingerprint density at radius 2 is 1.58 bits per heavy atom. The molecule has 0 bridgehead atoms. The van der Waals surface area contributed by atoms with Crippen molar-refractivity contribution >= 4 is 11.9 Å². The molecule has 0 radical (unpaired) electrons. The van der Waals surface area contributed by atoms with Gasteiger partial charge in [-0.2, -0.15) is 0 Å². The minimum Gasteiger partial charge on any atom is -0.492 e. The summed E-state index contributed by atoms with van der Waals surface area (Å²) in [5.41, 5.74) is -0.678. The number of carbonyl (C=O) groups excluding carboxylic acids is 2. The molecule has 26 heavy (non-hydrogen) atoms. The second kappa shape index (κ2) is 7.11. The highest BCUT2D eigenvalue weighted by Crippen LogP contribution is 2.32. The number of amides is 3. The van der Waals surface area contributed by atoms with E-state index >= 15 is 0 Å². The summed E-state index contributed by atoms with van der Waals surface area (Å²) in [7, 11) is 0. The molecule has 5 nitrogen and oxygen atoms in total. The number of ether oxygens (including phenoxy) is 1. The van der Waals surface area contributed by atoms with E-state index in [4.69, 9.17) is 4.74 Å². The van der Waals surface area contributed by atoms with Crippen LogP contribution < -0.4 is 10.1 Å². The Balaban J connectivity index is 1.71. The van der Waals surface area contributed by atoms with Gasteiger partial charge in [0.1, 0.15) is 29.5 Å². The smallest absolute Gasteiger partial charge is 0.325 e. The number of urea groups is 1. The maximum atomic E-state index is 13.2. The highest BCUT2D eigenvalue weighted by atomic mass is 19.1. The van der Waals surface area contributed by atoms with Gasteiger partial charge in [-0.25, -0.2) is 13.6 Å². The third kappa shape index (κ3) is 3.24. The van der Waals surface area contributed by atoms with Crippen molar-refractivity contribution in [3.05, 3.63) is 65.7 Å². The van der Waals surface area contributed by atoms with Gasteiger partial charge >= 0.3 is 6.03 Å². The Labute approximate surface area is 149 Å². The van der Waals surface area contributed by atoms with Crippen molar-refractivity contribution in [3.8, 4) is 5.75 Å². The Hall–Kier alpha value is -2.96. The molecule has 1 atom stereocenters. The maximum absolute atomic E-state index is 13.2. The number of hydrogen-bond donors (Lipinski definition) is 1. The third-order valence-corrected chi connectivity index (χ3v) is 4.44. The molecule has 0 spiro atoms. The van der Waals surface area contributed by atoms with Crippen molar-refractivity contribution in [1.82, 2.24) is 10.2 Å². The maximum Gasteiger partial charge on any atom is 0.325 e. The quantitative estimate of drug-likeness (QED) is 0.805. The zero-order chi connectivity index (χ0) is 18.7. The lowest BCUT2D eigenvalue weighted by Crippen LogP contribution is -2.43. The first-order valence-electron chi connectivity index (χ1n) is 8.25. The van der Waals surface area contributed by atoms with E-state index in [2.05, 4.69) is 5.32 Å². The average molecular weight is 360 g/mol. The average Bonchev–Trinajstić information content (AvgIpc) is 2.89. The van der Waals surface area contributed by atoms with E-state index in [0.29, 0.717) is 17.7 Å². The normalized spacial score (nSPS) is 19.6. The van der Waals surface area contributed by atoms with Crippen LogP contribution >= 0.6 is 0 Å². The van der Waals surface area contributed by atoms with E-state index in [1.54, 1.807) is 6.92 Å². The van der Waals surface area contributed by atoms with E-state index in [9.17, 15) is 18.4 Å². The number of hydrogen-bond acceptors (Lipinski definition) is 3. The Morgan fingerprint density at radius 1 is 1.00 bits per heavy atom. The molecule has 136 valence electrons. The minimum atomic E-state index is -1.21. The molecule has 0 aliphatic carbocycles. The predicted molar refractivity (Wildman–Crippen MR) is 90.5 cm³/mol. The first-order chi connectivity index (χ1) is 12.5. The van der Waals surface area contributed by atoms with Gasteiger partial charge in [-0.3, -0.25) is 9.69 Å². The predicted octanol–water partition coefficient (Wildman–Crippen LogP) is 3.20. The molecule has 0 unspecified atom stereocenters. The summed E-state index contributed by atoms with van der Waals surface area (Å²) in [6.45, 7) is 1.90. The molecule has 3 amide bonds. The van der Waals surface area contributed by atoms with Crippen LogP contribution in [0, 0.1) is 11.6 Å². The van der Waals surface area contributed by atoms with Crippen molar-refractivity contribution in [3.63, 3.8) is 0 Å². The van der Waals surface area contributed by atoms with Crippen LogP contribution in [-0.4, -0.2) is 30.0 Å². The second-order valence-corrected chi connectivity index (χ2v) is 5.96. The summed E-state index contributed by atoms with van der Waals surface area (Å²) >= 11 is 0. The highest BCUT2D eigenvalue weighted by Gasteiger charge is 2.51. The van der Waals surface area contributed by atoms with E-state index in [0.717, 1.165) is 4.90 Å². The molecule has 1 heterocycles. The summed E-state index contributed by atoms with van der Waals surface area (Å²) in [6, 6.07) is 10.4. The van der Waals surface area contributed by atoms with Crippen LogP contribution in [0.25, 0.3) is 0 Å². The molecule has 2 aromatic carbocycles. The lowest BCUT2D eigenvalue weighted by molar-refractivity contribution is -0.132. The molecule has 1 N–H and O–H groups in total. The van der Waals surface area contributed by atoms with Gasteiger partial charge in [0.05, 0.1) is 6.54 Å². The summed E-state index contributed by atoms with van der Waals surface area (Å²) < 4.78 is 31.5. The number of imide groups is 1. The second-order valence-electron chi connectivity index (χ2n) is 5.96. The van der Waals surface area contributed by atoms with Gasteiger partial charge < -0.3 is 10.1 Å². The van der Waals surface area contributed by atoms with Crippen molar-refractivity contribution in [2.24, 2.45) is 0 Å². The topological polar surface area (TPSA) is 58.6 Å². The Kier molecular flexibility index (Phi) is 4.88. The molecular weight excluding hydrogens is 342 g/mol. The zero-order valence-corrected chi connectivity index (χ0v) is 14.2. The molecule has 1 aliphatic heterocycles. The Bertz CT molecular complexity index is 809. The fraction of sp³-hybridized carbons (Fsp3) is 0.263. The summed E-state index contributed by atoms with van der Waals surface area (Å²) in [6.07, 6.45) is 0.332. The molecule has 0 saturated carbocycles. The van der Waals surface area contributed by atoms with Crippen LogP contribution in [0.4, 0.5) is 13.6 Å². The zero-order valence-electron chi connectivity index (χ0n) is 14.2. The van der Waals surface area contributed by atoms with Crippen molar-refractivity contribution in [2.75, 3.05) is 13.2 Å². The van der Waals surface area contributed by atoms with Gasteiger partial charge in [-0.05, 0) is 48.4 Å². The van der Waals surface area contributed by atoms with Gasteiger partial charge in [0.15, 0.2) is 0 Å². The standard InChI is InChI=1S/C19H18F2N2O3/c1-2-19(13-3-5-14(20)6-4-13)17(24)23(18(25)22-19)11-12-26-16-9-7-15(21)8-10-16/h3-10H,2,11-12H2,1H3,(H,22,25)/t19-/m1/s1. The van der Waals surface area contributed by atoms with Crippen LogP contribution in [0.5, 0.6) is 5.75 Å². The molecule has 1 fully saturated rings. The fourth-order valence-corrected chi connectivity index (χ4v) is 2.99. The van der Waals surface area contributed by atoms with E-state index in [1.807, 2.05) is 0 Å². The van der Waals surface area contributed by atoms with Crippen LogP contribution in [0.3, 0.4) is 0 Å². The van der Waals surface area contributed by atoms with E-state index in [1.165, 1.54) is 48.5 Å². The van der Waals surface area contributed by atoms with E-state index in [-0.39, 0.29) is 19.0 Å². The van der Waals surface area contributed by atoms with Crippen LogP contribution in [0.2, 0.25) is 0 Å². The van der Waals surface area contributed by atoms with Crippen LogP contribution in [0.15, 0.2) is 48.5 Å². The van der Waals surface area contributed by atoms with Crippen LogP contribution in [-0.2, 0) is 10.3 Å². The number of nitrogens with zero attached hydrogens (tertiary/aromatic N) is 1. The minimum absolute atomic E-state index is 0.0466. The number of nitrogens with one attached hydrogen (secondary N) is 1. The number of rotatable bonds is 6. The first-order valence-corrected chi connectivity index (χ1v) is 8.25. The molecular formula is C19H18F2N2O3. The van der Waals surface area contributed by atoms with Gasteiger partial charge in [-0.15, -0.1) is 0 Å². The lowest BCUT2D eigenvalue weighted by atomic mass is 9.87. The lowest BCUT2D eigenvalue weighted by Gasteiger charge is -2.25. The van der Waals surface area contributed by atoms with E-state index < -0.39 is 23.3 Å². The van der Waals surface area contributed by atoms with Gasteiger partial charge in [0.25, 0.3) is 5.91 Å². The molecule has 7 heteroatoms. The van der Waals surface area contributed by atoms with Gasteiger partial charge in [0.2, 0.25) is 0 Å². The summed E-state index contributed by atoms with van der Waals surface area (Å²) in [5.74, 6) is -0.752. The third-order valence-electron chi connectivity index (χ3n) is 4.44. The summed E-state index contributed by atoms with van der Waals surface area (Å²) in [5, 5.41) is 2.72.